The van der Waals surface area contributed by atoms with Crippen LogP contribution in [0.25, 0.3) is 11.3 Å². The van der Waals surface area contributed by atoms with Gasteiger partial charge in [-0.3, -0.25) is 19.7 Å². The van der Waals surface area contributed by atoms with Gasteiger partial charge in [-0.25, -0.2) is 0 Å². The van der Waals surface area contributed by atoms with E-state index in [0.29, 0.717) is 32.4 Å². The second kappa shape index (κ2) is 6.68. The Hall–Kier alpha value is -2.89. The van der Waals surface area contributed by atoms with Crippen molar-refractivity contribution < 1.29 is 18.8 Å². The van der Waals surface area contributed by atoms with E-state index < -0.39 is 5.41 Å². The second-order valence-corrected chi connectivity index (χ2v) is 7.53. The minimum Gasteiger partial charge on any atom is -0.461 e. The summed E-state index contributed by atoms with van der Waals surface area (Å²) in [6.45, 7) is 2.89. The topological polar surface area (TPSA) is 79.6 Å². The number of hydrogen-bond donors (Lipinski definition) is 1. The molecule has 2 aliphatic heterocycles. The van der Waals surface area contributed by atoms with Crippen LogP contribution in [0.5, 0.6) is 0 Å². The number of carbonyl (C=O) groups is 3. The Balaban J connectivity index is 1.34. The van der Waals surface area contributed by atoms with Crippen molar-refractivity contribution in [3.05, 3.63) is 47.7 Å². The summed E-state index contributed by atoms with van der Waals surface area (Å²) in [7, 11) is 0. The average Bonchev–Trinajstić information content (AvgIpc) is 3.34. The highest BCUT2D eigenvalue weighted by Crippen LogP contribution is 2.37. The molecule has 2 aliphatic rings. The molecule has 0 radical (unpaired) electrons. The fourth-order valence-corrected chi connectivity index (χ4v) is 3.88. The number of carbonyl (C=O) groups excluding carboxylic acids is 3. The molecular formula is C21H22N2O4. The Kier molecular flexibility index (Phi) is 4.34. The zero-order valence-corrected chi connectivity index (χ0v) is 15.3. The van der Waals surface area contributed by atoms with E-state index in [4.69, 9.17) is 4.42 Å². The van der Waals surface area contributed by atoms with Crippen LogP contribution in [0, 0.1) is 12.3 Å². The zero-order valence-electron chi connectivity index (χ0n) is 15.3. The number of aryl methyl sites for hydroxylation is 2. The lowest BCUT2D eigenvalue weighted by Gasteiger charge is -2.20. The smallest absolute Gasteiger partial charge is 0.235 e. The molecule has 1 aromatic heterocycles. The highest BCUT2D eigenvalue weighted by atomic mass is 16.3. The predicted molar refractivity (Wildman–Crippen MR) is 98.6 cm³/mol. The monoisotopic (exact) mass is 366 g/mol. The van der Waals surface area contributed by atoms with Crippen molar-refractivity contribution in [2.24, 2.45) is 5.41 Å². The third kappa shape index (κ3) is 3.39. The van der Waals surface area contributed by atoms with E-state index in [1.165, 1.54) is 5.56 Å². The van der Waals surface area contributed by atoms with E-state index in [-0.39, 0.29) is 24.1 Å². The largest absolute Gasteiger partial charge is 0.461 e. The number of rotatable bonds is 4. The summed E-state index contributed by atoms with van der Waals surface area (Å²) >= 11 is 0. The maximum atomic E-state index is 12.5. The lowest BCUT2D eigenvalue weighted by molar-refractivity contribution is -0.131. The van der Waals surface area contributed by atoms with Crippen LogP contribution in [0.4, 0.5) is 0 Å². The first-order valence-corrected chi connectivity index (χ1v) is 9.23. The Bertz CT molecular complexity index is 899. The molecule has 2 aromatic rings. The Morgan fingerprint density at radius 1 is 1.19 bits per heavy atom. The van der Waals surface area contributed by atoms with E-state index in [1.54, 1.807) is 4.90 Å². The number of likely N-dealkylation sites (tertiary alicyclic amines) is 1. The lowest BCUT2D eigenvalue weighted by atomic mass is 9.85. The van der Waals surface area contributed by atoms with Gasteiger partial charge in [0.25, 0.3) is 0 Å². The number of amides is 3. The van der Waals surface area contributed by atoms with Crippen LogP contribution >= 0.6 is 0 Å². The summed E-state index contributed by atoms with van der Waals surface area (Å²) in [6.07, 6.45) is 1.58. The molecule has 0 saturated carbocycles. The van der Waals surface area contributed by atoms with Crippen LogP contribution in [-0.2, 0) is 20.8 Å². The number of benzene rings is 1. The number of nitrogens with zero attached hydrogens (tertiary/aromatic N) is 1. The van der Waals surface area contributed by atoms with E-state index in [2.05, 4.69) is 5.32 Å². The van der Waals surface area contributed by atoms with Gasteiger partial charge in [-0.15, -0.1) is 0 Å². The Morgan fingerprint density at radius 2 is 1.96 bits per heavy atom. The van der Waals surface area contributed by atoms with Gasteiger partial charge in [0, 0.05) is 37.9 Å². The second-order valence-electron chi connectivity index (χ2n) is 7.53. The third-order valence-corrected chi connectivity index (χ3v) is 5.52. The molecule has 0 aliphatic carbocycles. The molecule has 3 heterocycles. The summed E-state index contributed by atoms with van der Waals surface area (Å²) in [6, 6.07) is 11.9. The summed E-state index contributed by atoms with van der Waals surface area (Å²) in [4.78, 5) is 37.7. The van der Waals surface area contributed by atoms with Crippen LogP contribution in [-0.4, -0.2) is 35.7 Å². The molecule has 3 amide bonds. The molecule has 2 saturated heterocycles. The molecule has 6 heteroatoms. The van der Waals surface area contributed by atoms with Crippen LogP contribution in [0.1, 0.15) is 30.6 Å². The number of imide groups is 1. The Morgan fingerprint density at radius 3 is 2.67 bits per heavy atom. The van der Waals surface area contributed by atoms with Crippen LogP contribution in [0.2, 0.25) is 0 Å². The van der Waals surface area contributed by atoms with Crippen molar-refractivity contribution in [3.8, 4) is 11.3 Å². The lowest BCUT2D eigenvalue weighted by Crippen LogP contribution is -2.36. The van der Waals surface area contributed by atoms with Gasteiger partial charge in [0.15, 0.2) is 0 Å². The summed E-state index contributed by atoms with van der Waals surface area (Å²) in [5, 5.41) is 2.36. The maximum absolute atomic E-state index is 12.5. The minimum absolute atomic E-state index is 0.00712. The van der Waals surface area contributed by atoms with Crippen molar-refractivity contribution in [2.75, 3.05) is 13.1 Å². The van der Waals surface area contributed by atoms with Gasteiger partial charge < -0.3 is 9.32 Å². The predicted octanol–water partition coefficient (Wildman–Crippen LogP) is 2.45. The Labute approximate surface area is 157 Å². The first kappa shape index (κ1) is 17.5. The third-order valence-electron chi connectivity index (χ3n) is 5.52. The quantitative estimate of drug-likeness (QED) is 0.843. The molecule has 1 aromatic carbocycles. The van der Waals surface area contributed by atoms with Crippen molar-refractivity contribution >= 4 is 17.7 Å². The first-order valence-electron chi connectivity index (χ1n) is 9.23. The highest BCUT2D eigenvalue weighted by molar-refractivity contribution is 6.06. The van der Waals surface area contributed by atoms with Gasteiger partial charge in [0.1, 0.15) is 11.5 Å². The van der Waals surface area contributed by atoms with Crippen molar-refractivity contribution in [3.63, 3.8) is 0 Å². The molecule has 1 atom stereocenters. The van der Waals surface area contributed by atoms with Gasteiger partial charge in [0.05, 0.1) is 5.41 Å². The molecule has 0 bridgehead atoms. The van der Waals surface area contributed by atoms with Gasteiger partial charge >= 0.3 is 0 Å². The number of nitrogens with one attached hydrogen (secondary N) is 1. The standard InChI is InChI=1S/C21H22N2O4/c1-14-2-4-15(5-3-14)17-8-6-16(27-17)7-9-19(25)23-11-10-21(13-23)12-18(24)22-20(21)26/h2-6,8H,7,9-13H2,1H3,(H,22,24,26)/t21-/m1/s1. The number of hydrogen-bond acceptors (Lipinski definition) is 4. The molecule has 0 unspecified atom stereocenters. The highest BCUT2D eigenvalue weighted by Gasteiger charge is 2.51. The molecule has 6 nitrogen and oxygen atoms in total. The fourth-order valence-electron chi connectivity index (χ4n) is 3.88. The van der Waals surface area contributed by atoms with Gasteiger partial charge in [0.2, 0.25) is 17.7 Å². The molecule has 4 rings (SSSR count). The minimum atomic E-state index is -0.712. The van der Waals surface area contributed by atoms with Crippen molar-refractivity contribution in [1.29, 1.82) is 0 Å². The first-order chi connectivity index (χ1) is 12.9. The van der Waals surface area contributed by atoms with Crippen LogP contribution in [0.15, 0.2) is 40.8 Å². The van der Waals surface area contributed by atoms with E-state index in [9.17, 15) is 14.4 Å². The number of furan rings is 1. The summed E-state index contributed by atoms with van der Waals surface area (Å²) < 4.78 is 5.87. The normalized spacial score (nSPS) is 21.9. The van der Waals surface area contributed by atoms with Crippen molar-refractivity contribution in [2.45, 2.75) is 32.6 Å². The van der Waals surface area contributed by atoms with Gasteiger partial charge in [-0.05, 0) is 25.5 Å². The van der Waals surface area contributed by atoms with E-state index >= 15 is 0 Å². The molecular weight excluding hydrogens is 344 g/mol. The summed E-state index contributed by atoms with van der Waals surface area (Å²) in [5.74, 6) is 1.07. The molecule has 140 valence electrons. The van der Waals surface area contributed by atoms with E-state index in [1.807, 2.05) is 43.3 Å². The maximum Gasteiger partial charge on any atom is 0.235 e. The fraction of sp³-hybridized carbons (Fsp3) is 0.381. The molecule has 1 spiro atoms. The molecule has 1 N–H and O–H groups in total. The molecule has 27 heavy (non-hydrogen) atoms. The molecule has 2 fully saturated rings. The van der Waals surface area contributed by atoms with Gasteiger partial charge in [-0.1, -0.05) is 29.8 Å². The van der Waals surface area contributed by atoms with Crippen LogP contribution < -0.4 is 5.32 Å². The zero-order chi connectivity index (χ0) is 19.0. The SMILES string of the molecule is Cc1ccc(-c2ccc(CCC(=O)N3CC[C@@]4(CC(=O)NC4=O)C3)o2)cc1. The summed E-state index contributed by atoms with van der Waals surface area (Å²) in [5.41, 5.74) is 1.49. The average molecular weight is 366 g/mol. The van der Waals surface area contributed by atoms with E-state index in [0.717, 1.165) is 17.1 Å². The van der Waals surface area contributed by atoms with Gasteiger partial charge in [-0.2, -0.15) is 0 Å². The van der Waals surface area contributed by atoms with Crippen LogP contribution in [0.3, 0.4) is 0 Å². The van der Waals surface area contributed by atoms with Crippen molar-refractivity contribution in [1.82, 2.24) is 10.2 Å².